The third-order valence-electron chi connectivity index (χ3n) is 3.17. The van der Waals surface area contributed by atoms with Crippen molar-refractivity contribution in [2.75, 3.05) is 0 Å². The van der Waals surface area contributed by atoms with Crippen molar-refractivity contribution in [1.82, 2.24) is 9.97 Å². The molecule has 0 saturated carbocycles. The van der Waals surface area contributed by atoms with Crippen LogP contribution in [0.15, 0.2) is 42.3 Å². The summed E-state index contributed by atoms with van der Waals surface area (Å²) < 4.78 is 0. The van der Waals surface area contributed by atoms with Crippen LogP contribution in [0.4, 0.5) is 0 Å². The predicted octanol–water partition coefficient (Wildman–Crippen LogP) is 2.95. The van der Waals surface area contributed by atoms with Crippen LogP contribution in [0.3, 0.4) is 0 Å². The molecule has 0 atom stereocenters. The van der Waals surface area contributed by atoms with Gasteiger partial charge < -0.3 is 10.7 Å². The summed E-state index contributed by atoms with van der Waals surface area (Å²) in [5.74, 6) is 0. The van der Waals surface area contributed by atoms with E-state index in [-0.39, 0.29) is 0 Å². The van der Waals surface area contributed by atoms with Crippen LogP contribution in [0.2, 0.25) is 0 Å². The lowest BCUT2D eigenvalue weighted by Crippen LogP contribution is -2.11. The number of aromatic amines is 1. The number of H-pyrrole nitrogens is 1. The Kier molecular flexibility index (Phi) is 2.72. The summed E-state index contributed by atoms with van der Waals surface area (Å²) in [5, 5.41) is 0. The number of aromatic nitrogens is 2. The average molecular weight is 255 g/mol. The Morgan fingerprint density at radius 2 is 2.33 bits per heavy atom. The molecule has 1 aliphatic carbocycles. The summed E-state index contributed by atoms with van der Waals surface area (Å²) in [6.07, 6.45) is 9.95. The third kappa shape index (κ3) is 1.84. The highest BCUT2D eigenvalue weighted by Crippen LogP contribution is 2.30. The van der Waals surface area contributed by atoms with Crippen LogP contribution >= 0.6 is 12.2 Å². The summed E-state index contributed by atoms with van der Waals surface area (Å²) in [4.78, 5) is 8.13. The number of nitrogens with two attached hydrogens (primary N) is 1. The second kappa shape index (κ2) is 4.38. The Morgan fingerprint density at radius 3 is 3.17 bits per heavy atom. The summed E-state index contributed by atoms with van der Waals surface area (Å²) in [6.45, 7) is 0. The molecular formula is C14H13N3S. The SMILES string of the molecule is NC(=S)C1=CCCC(c2c[nH]c3cccnc23)=C1. The summed E-state index contributed by atoms with van der Waals surface area (Å²) in [7, 11) is 0. The molecule has 0 unspecified atom stereocenters. The van der Waals surface area contributed by atoms with E-state index >= 15 is 0 Å². The van der Waals surface area contributed by atoms with Gasteiger partial charge in [0.15, 0.2) is 0 Å². The van der Waals surface area contributed by atoms with E-state index in [1.165, 1.54) is 5.57 Å². The van der Waals surface area contributed by atoms with Gasteiger partial charge in [-0.3, -0.25) is 4.98 Å². The lowest BCUT2D eigenvalue weighted by atomic mass is 9.94. The van der Waals surface area contributed by atoms with Crippen molar-refractivity contribution in [3.63, 3.8) is 0 Å². The fourth-order valence-electron chi connectivity index (χ4n) is 2.29. The number of nitrogens with one attached hydrogen (secondary N) is 1. The van der Waals surface area contributed by atoms with Crippen molar-refractivity contribution in [3.8, 4) is 0 Å². The van der Waals surface area contributed by atoms with Gasteiger partial charge in [0.25, 0.3) is 0 Å². The van der Waals surface area contributed by atoms with Crippen LogP contribution in [0.5, 0.6) is 0 Å². The number of nitrogens with zero attached hydrogens (tertiary/aromatic N) is 1. The van der Waals surface area contributed by atoms with Crippen molar-refractivity contribution in [2.45, 2.75) is 12.8 Å². The van der Waals surface area contributed by atoms with Gasteiger partial charge in [0, 0.05) is 23.5 Å². The van der Waals surface area contributed by atoms with Crippen LogP contribution in [-0.4, -0.2) is 15.0 Å². The van der Waals surface area contributed by atoms with Crippen LogP contribution in [0, 0.1) is 0 Å². The van der Waals surface area contributed by atoms with Crippen molar-refractivity contribution in [1.29, 1.82) is 0 Å². The fourth-order valence-corrected chi connectivity index (χ4v) is 2.43. The minimum atomic E-state index is 0.458. The molecule has 2 heterocycles. The molecule has 2 aromatic heterocycles. The zero-order valence-electron chi connectivity index (χ0n) is 9.81. The van der Waals surface area contributed by atoms with E-state index in [4.69, 9.17) is 18.0 Å². The number of fused-ring (bicyclic) bond motifs is 1. The number of rotatable bonds is 2. The van der Waals surface area contributed by atoms with Crippen molar-refractivity contribution < 1.29 is 0 Å². The molecule has 3 rings (SSSR count). The van der Waals surface area contributed by atoms with Crippen molar-refractivity contribution in [3.05, 3.63) is 47.8 Å². The minimum Gasteiger partial charge on any atom is -0.389 e. The molecule has 0 radical (unpaired) electrons. The minimum absolute atomic E-state index is 0.458. The quantitative estimate of drug-likeness (QED) is 0.811. The molecule has 2 aromatic rings. The molecule has 3 N–H and O–H groups in total. The average Bonchev–Trinajstić information content (AvgIpc) is 2.82. The second-order valence-corrected chi connectivity index (χ2v) is 4.77. The summed E-state index contributed by atoms with van der Waals surface area (Å²) in [5.41, 5.74) is 11.1. The van der Waals surface area contributed by atoms with Crippen LogP contribution in [0.25, 0.3) is 16.6 Å². The molecule has 0 aliphatic heterocycles. The van der Waals surface area contributed by atoms with Gasteiger partial charge in [-0.05, 0) is 36.6 Å². The van der Waals surface area contributed by atoms with E-state index < -0.39 is 0 Å². The van der Waals surface area contributed by atoms with Crippen molar-refractivity contribution >= 4 is 33.8 Å². The standard InChI is InChI=1S/C14H13N3S/c15-14(18)10-4-1-3-9(7-10)11-8-17-12-5-2-6-16-13(11)12/h2,4-8,17H,1,3H2,(H2,15,18). The lowest BCUT2D eigenvalue weighted by molar-refractivity contribution is 1.05. The first-order valence-electron chi connectivity index (χ1n) is 5.89. The zero-order chi connectivity index (χ0) is 12.5. The van der Waals surface area contributed by atoms with Crippen LogP contribution in [0.1, 0.15) is 18.4 Å². The lowest BCUT2D eigenvalue weighted by Gasteiger charge is -2.12. The Bertz CT molecular complexity index is 679. The normalized spacial score (nSPS) is 15.3. The molecule has 0 bridgehead atoms. The molecule has 0 spiro atoms. The van der Waals surface area contributed by atoms with E-state index in [1.807, 2.05) is 24.5 Å². The molecule has 0 aromatic carbocycles. The maximum absolute atomic E-state index is 5.69. The Hall–Kier alpha value is -1.94. The molecule has 18 heavy (non-hydrogen) atoms. The Morgan fingerprint density at radius 1 is 1.44 bits per heavy atom. The molecule has 4 heteroatoms. The fraction of sp³-hybridized carbons (Fsp3) is 0.143. The van der Waals surface area contributed by atoms with Gasteiger partial charge in [0.1, 0.15) is 4.99 Å². The number of hydrogen-bond acceptors (Lipinski definition) is 2. The smallest absolute Gasteiger partial charge is 0.103 e. The Labute approximate surface area is 110 Å². The molecule has 90 valence electrons. The number of allylic oxidation sites excluding steroid dienone is 2. The third-order valence-corrected chi connectivity index (χ3v) is 3.41. The van der Waals surface area contributed by atoms with E-state index in [0.717, 1.165) is 35.0 Å². The first kappa shape index (κ1) is 11.2. The summed E-state index contributed by atoms with van der Waals surface area (Å²) >= 11 is 5.04. The molecular weight excluding hydrogens is 242 g/mol. The van der Waals surface area contributed by atoms with Crippen LogP contribution < -0.4 is 5.73 Å². The van der Waals surface area contributed by atoms with E-state index in [2.05, 4.69) is 22.1 Å². The maximum Gasteiger partial charge on any atom is 0.103 e. The van der Waals surface area contributed by atoms with E-state index in [9.17, 15) is 0 Å². The number of thiocarbonyl (C=S) groups is 1. The highest BCUT2D eigenvalue weighted by molar-refractivity contribution is 7.80. The predicted molar refractivity (Wildman–Crippen MR) is 78.2 cm³/mol. The van der Waals surface area contributed by atoms with E-state index in [1.54, 1.807) is 0 Å². The highest BCUT2D eigenvalue weighted by Gasteiger charge is 2.13. The Balaban J connectivity index is 2.10. The highest BCUT2D eigenvalue weighted by atomic mass is 32.1. The van der Waals surface area contributed by atoms with Gasteiger partial charge in [-0.25, -0.2) is 0 Å². The summed E-state index contributed by atoms with van der Waals surface area (Å²) in [6, 6.07) is 3.96. The molecule has 0 saturated heterocycles. The van der Waals surface area contributed by atoms with Gasteiger partial charge in [0.2, 0.25) is 0 Å². The molecule has 3 nitrogen and oxygen atoms in total. The van der Waals surface area contributed by atoms with Crippen molar-refractivity contribution in [2.24, 2.45) is 5.73 Å². The number of hydrogen-bond donors (Lipinski definition) is 2. The maximum atomic E-state index is 5.69. The molecule has 0 amide bonds. The molecule has 0 fully saturated rings. The first-order chi connectivity index (χ1) is 8.75. The zero-order valence-corrected chi connectivity index (χ0v) is 10.6. The number of pyridine rings is 1. The van der Waals surface area contributed by atoms with Crippen LogP contribution in [-0.2, 0) is 0 Å². The largest absolute Gasteiger partial charge is 0.389 e. The first-order valence-corrected chi connectivity index (χ1v) is 6.29. The van der Waals surface area contributed by atoms with Gasteiger partial charge in [-0.15, -0.1) is 0 Å². The van der Waals surface area contributed by atoms with Gasteiger partial charge >= 0.3 is 0 Å². The van der Waals surface area contributed by atoms with Gasteiger partial charge in [-0.1, -0.05) is 18.3 Å². The topological polar surface area (TPSA) is 54.7 Å². The second-order valence-electron chi connectivity index (χ2n) is 4.33. The molecule has 1 aliphatic rings. The van der Waals surface area contributed by atoms with Gasteiger partial charge in [0.05, 0.1) is 11.0 Å². The van der Waals surface area contributed by atoms with E-state index in [0.29, 0.717) is 4.99 Å². The monoisotopic (exact) mass is 255 g/mol. The van der Waals surface area contributed by atoms with Gasteiger partial charge in [-0.2, -0.15) is 0 Å².